The Labute approximate surface area is 88.0 Å². The molecule has 1 aromatic heterocycles. The Bertz CT molecular complexity index is 451. The molecule has 0 amide bonds. The van der Waals surface area contributed by atoms with Crippen LogP contribution in [0.25, 0.3) is 0 Å². The zero-order valence-electron chi connectivity index (χ0n) is 8.49. The molecule has 0 saturated heterocycles. The third kappa shape index (κ3) is 2.49. The van der Waals surface area contributed by atoms with Crippen molar-refractivity contribution in [2.75, 3.05) is 5.32 Å². The molecule has 0 spiro atoms. The molecule has 15 heavy (non-hydrogen) atoms. The van der Waals surface area contributed by atoms with E-state index in [-0.39, 0.29) is 5.75 Å². The van der Waals surface area contributed by atoms with E-state index >= 15 is 0 Å². The molecule has 78 valence electrons. The maximum atomic E-state index is 9.25. The molecule has 3 N–H and O–H groups in total. The number of imidazole rings is 1. The average Bonchev–Trinajstić information content (AvgIpc) is 2.62. The number of aryl methyl sites for hydroxylation is 1. The standard InChI is InChI=1S/C11H13N3O/c1-8-12-6-10(14-8)7-13-9-3-2-4-11(15)5-9/h2-6,13,15H,7H2,1H3,(H,12,14). The minimum atomic E-state index is 0.265. The number of nitrogens with zero attached hydrogens (tertiary/aromatic N) is 1. The van der Waals surface area contributed by atoms with Gasteiger partial charge in [-0.2, -0.15) is 0 Å². The van der Waals surface area contributed by atoms with E-state index in [9.17, 15) is 5.11 Å². The quantitative estimate of drug-likeness (QED) is 0.715. The van der Waals surface area contributed by atoms with E-state index in [0.717, 1.165) is 17.2 Å². The lowest BCUT2D eigenvalue weighted by Gasteiger charge is -2.04. The lowest BCUT2D eigenvalue weighted by molar-refractivity contribution is 0.475. The highest BCUT2D eigenvalue weighted by molar-refractivity contribution is 5.47. The second-order valence-electron chi connectivity index (χ2n) is 3.40. The molecule has 2 rings (SSSR count). The fourth-order valence-electron chi connectivity index (χ4n) is 1.37. The maximum absolute atomic E-state index is 9.25. The van der Waals surface area contributed by atoms with Crippen molar-refractivity contribution in [3.05, 3.63) is 42.0 Å². The van der Waals surface area contributed by atoms with E-state index < -0.39 is 0 Å². The Morgan fingerprint density at radius 1 is 1.47 bits per heavy atom. The molecule has 0 aliphatic carbocycles. The minimum Gasteiger partial charge on any atom is -0.508 e. The fraction of sp³-hybridized carbons (Fsp3) is 0.182. The van der Waals surface area contributed by atoms with Crippen LogP contribution in [-0.4, -0.2) is 15.1 Å². The van der Waals surface area contributed by atoms with Crippen LogP contribution in [0.15, 0.2) is 30.5 Å². The van der Waals surface area contributed by atoms with Crippen LogP contribution in [0.1, 0.15) is 11.5 Å². The summed E-state index contributed by atoms with van der Waals surface area (Å²) in [7, 11) is 0. The number of hydrogen-bond donors (Lipinski definition) is 3. The number of hydrogen-bond acceptors (Lipinski definition) is 3. The van der Waals surface area contributed by atoms with Gasteiger partial charge in [-0.05, 0) is 19.1 Å². The second-order valence-corrected chi connectivity index (χ2v) is 3.40. The van der Waals surface area contributed by atoms with Crippen LogP contribution in [0.5, 0.6) is 5.75 Å². The molecule has 0 bridgehead atoms. The van der Waals surface area contributed by atoms with Gasteiger partial charge in [-0.25, -0.2) is 4.98 Å². The van der Waals surface area contributed by atoms with E-state index in [4.69, 9.17) is 0 Å². The number of benzene rings is 1. The number of nitrogens with one attached hydrogen (secondary N) is 2. The molecule has 4 nitrogen and oxygen atoms in total. The normalized spacial score (nSPS) is 10.2. The Morgan fingerprint density at radius 2 is 2.33 bits per heavy atom. The SMILES string of the molecule is Cc1ncc(CNc2cccc(O)c2)[nH]1. The number of phenolic OH excluding ortho intramolecular Hbond substituents is 1. The first-order chi connectivity index (χ1) is 7.24. The molecule has 0 fully saturated rings. The summed E-state index contributed by atoms with van der Waals surface area (Å²) in [6.45, 7) is 2.59. The first-order valence-corrected chi connectivity index (χ1v) is 4.77. The molecule has 0 atom stereocenters. The number of phenols is 1. The Balaban J connectivity index is 1.99. The highest BCUT2D eigenvalue weighted by Gasteiger charge is 1.97. The van der Waals surface area contributed by atoms with Crippen LogP contribution in [0.3, 0.4) is 0 Å². The molecule has 1 heterocycles. The number of aromatic nitrogens is 2. The number of aromatic amines is 1. The highest BCUT2D eigenvalue weighted by Crippen LogP contribution is 2.15. The largest absolute Gasteiger partial charge is 0.508 e. The number of rotatable bonds is 3. The minimum absolute atomic E-state index is 0.265. The molecular weight excluding hydrogens is 190 g/mol. The summed E-state index contributed by atoms with van der Waals surface area (Å²) in [6, 6.07) is 7.04. The van der Waals surface area contributed by atoms with Crippen LogP contribution >= 0.6 is 0 Å². The summed E-state index contributed by atoms with van der Waals surface area (Å²) in [6.07, 6.45) is 1.80. The predicted octanol–water partition coefficient (Wildman–Crippen LogP) is 2.04. The van der Waals surface area contributed by atoms with E-state index in [1.165, 1.54) is 0 Å². The van der Waals surface area contributed by atoms with Crippen LogP contribution in [0.4, 0.5) is 5.69 Å². The first kappa shape index (κ1) is 9.58. The van der Waals surface area contributed by atoms with Crippen molar-refractivity contribution in [3.8, 4) is 5.75 Å². The summed E-state index contributed by atoms with van der Waals surface area (Å²) in [5.74, 6) is 1.17. The molecule has 4 heteroatoms. The van der Waals surface area contributed by atoms with E-state index in [1.54, 1.807) is 24.4 Å². The van der Waals surface area contributed by atoms with Gasteiger partial charge in [-0.1, -0.05) is 6.07 Å². The molecule has 0 unspecified atom stereocenters. The van der Waals surface area contributed by atoms with Crippen molar-refractivity contribution in [2.45, 2.75) is 13.5 Å². The summed E-state index contributed by atoms with van der Waals surface area (Å²) in [4.78, 5) is 7.23. The van der Waals surface area contributed by atoms with E-state index in [0.29, 0.717) is 6.54 Å². The van der Waals surface area contributed by atoms with Gasteiger partial charge in [0.15, 0.2) is 0 Å². The van der Waals surface area contributed by atoms with Crippen LogP contribution in [0.2, 0.25) is 0 Å². The van der Waals surface area contributed by atoms with Crippen LogP contribution in [0, 0.1) is 6.92 Å². The van der Waals surface area contributed by atoms with Crippen molar-refractivity contribution in [1.29, 1.82) is 0 Å². The molecule has 0 aliphatic rings. The second kappa shape index (κ2) is 4.04. The third-order valence-electron chi connectivity index (χ3n) is 2.08. The lowest BCUT2D eigenvalue weighted by atomic mass is 10.3. The summed E-state index contributed by atoms with van der Waals surface area (Å²) in [5, 5.41) is 12.4. The average molecular weight is 203 g/mol. The van der Waals surface area contributed by atoms with Crippen molar-refractivity contribution < 1.29 is 5.11 Å². The maximum Gasteiger partial charge on any atom is 0.117 e. The number of aromatic hydroxyl groups is 1. The molecule has 0 aliphatic heterocycles. The number of H-pyrrole nitrogens is 1. The molecule has 2 aromatic rings. The molecule has 1 aromatic carbocycles. The molecular formula is C11H13N3O. The van der Waals surface area contributed by atoms with Gasteiger partial charge in [0.2, 0.25) is 0 Å². The molecule has 0 saturated carbocycles. The van der Waals surface area contributed by atoms with Crippen molar-refractivity contribution in [1.82, 2.24) is 9.97 Å². The van der Waals surface area contributed by atoms with E-state index in [2.05, 4.69) is 15.3 Å². The zero-order valence-corrected chi connectivity index (χ0v) is 8.49. The Kier molecular flexibility index (Phi) is 2.58. The summed E-state index contributed by atoms with van der Waals surface area (Å²) < 4.78 is 0. The van der Waals surface area contributed by atoms with Gasteiger partial charge in [0.1, 0.15) is 11.6 Å². The Morgan fingerprint density at radius 3 is 3.00 bits per heavy atom. The van der Waals surface area contributed by atoms with Crippen molar-refractivity contribution >= 4 is 5.69 Å². The van der Waals surface area contributed by atoms with Crippen molar-refractivity contribution in [2.24, 2.45) is 0 Å². The molecule has 0 radical (unpaired) electrons. The third-order valence-corrected chi connectivity index (χ3v) is 2.08. The highest BCUT2D eigenvalue weighted by atomic mass is 16.3. The van der Waals surface area contributed by atoms with E-state index in [1.807, 2.05) is 13.0 Å². The monoisotopic (exact) mass is 203 g/mol. The van der Waals surface area contributed by atoms with Gasteiger partial charge in [-0.3, -0.25) is 0 Å². The van der Waals surface area contributed by atoms with Gasteiger partial charge in [0.25, 0.3) is 0 Å². The van der Waals surface area contributed by atoms with Gasteiger partial charge >= 0.3 is 0 Å². The lowest BCUT2D eigenvalue weighted by Crippen LogP contribution is -1.99. The Hall–Kier alpha value is -1.97. The van der Waals surface area contributed by atoms with Crippen LogP contribution in [-0.2, 0) is 6.54 Å². The van der Waals surface area contributed by atoms with Gasteiger partial charge in [0.05, 0.1) is 18.4 Å². The smallest absolute Gasteiger partial charge is 0.117 e. The first-order valence-electron chi connectivity index (χ1n) is 4.77. The summed E-state index contributed by atoms with van der Waals surface area (Å²) >= 11 is 0. The number of anilines is 1. The fourth-order valence-corrected chi connectivity index (χ4v) is 1.37. The van der Waals surface area contributed by atoms with Gasteiger partial charge < -0.3 is 15.4 Å². The summed E-state index contributed by atoms with van der Waals surface area (Å²) in [5.41, 5.74) is 1.91. The topological polar surface area (TPSA) is 60.9 Å². The predicted molar refractivity (Wildman–Crippen MR) is 58.8 cm³/mol. The van der Waals surface area contributed by atoms with Crippen LogP contribution < -0.4 is 5.32 Å². The van der Waals surface area contributed by atoms with Gasteiger partial charge in [0, 0.05) is 11.8 Å². The van der Waals surface area contributed by atoms with Gasteiger partial charge in [-0.15, -0.1) is 0 Å². The van der Waals surface area contributed by atoms with Crippen molar-refractivity contribution in [3.63, 3.8) is 0 Å². The zero-order chi connectivity index (χ0) is 10.7.